The Hall–Kier alpha value is -1.11. The van der Waals surface area contributed by atoms with Crippen LogP contribution in [0.5, 0.6) is 0 Å². The zero-order chi connectivity index (χ0) is 10.1. The van der Waals surface area contributed by atoms with Crippen molar-refractivity contribution in [3.05, 3.63) is 35.1 Å². The second-order valence-electron chi connectivity index (χ2n) is 3.71. The molecule has 1 saturated carbocycles. The van der Waals surface area contributed by atoms with Gasteiger partial charge in [-0.05, 0) is 36.5 Å². The second kappa shape index (κ2) is 4.61. The highest BCUT2D eigenvalue weighted by atomic mass is 35.5. The Balaban J connectivity index is 0.00000112. The molecule has 0 aliphatic heterocycles. The van der Waals surface area contributed by atoms with E-state index in [0.717, 1.165) is 18.4 Å². The summed E-state index contributed by atoms with van der Waals surface area (Å²) in [4.78, 5) is 0. The molecule has 2 N–H and O–H groups in total. The van der Waals surface area contributed by atoms with Gasteiger partial charge in [0.05, 0.1) is 5.56 Å². The maximum absolute atomic E-state index is 13.0. The van der Waals surface area contributed by atoms with Gasteiger partial charge < -0.3 is 5.73 Å². The van der Waals surface area contributed by atoms with E-state index in [1.807, 2.05) is 6.07 Å². The van der Waals surface area contributed by atoms with Gasteiger partial charge in [-0.2, -0.15) is 5.26 Å². The normalized spacial score (nSPS) is 16.3. The molecule has 0 amide bonds. The van der Waals surface area contributed by atoms with Crippen molar-refractivity contribution in [1.82, 2.24) is 0 Å². The standard InChI is InChI=1S/C11H11FN2.ClH/c12-10-4-3-8(5-9(10)6-13)11(14)7-1-2-7;/h3-5,7,11H,1-2,14H2;1H/t11-;/m0./s1. The summed E-state index contributed by atoms with van der Waals surface area (Å²) in [5.41, 5.74) is 6.89. The summed E-state index contributed by atoms with van der Waals surface area (Å²) in [5.74, 6) is 0.0475. The predicted molar refractivity (Wildman–Crippen MR) is 58.0 cm³/mol. The smallest absolute Gasteiger partial charge is 0.140 e. The third kappa shape index (κ3) is 2.47. The SMILES string of the molecule is Cl.N#Cc1cc([C@@H](N)C2CC2)ccc1F. The van der Waals surface area contributed by atoms with Gasteiger partial charge in [0.2, 0.25) is 0 Å². The molecule has 0 radical (unpaired) electrons. The van der Waals surface area contributed by atoms with Crippen molar-refractivity contribution in [3.63, 3.8) is 0 Å². The first-order chi connectivity index (χ1) is 6.72. The number of benzene rings is 1. The van der Waals surface area contributed by atoms with Crippen molar-refractivity contribution in [3.8, 4) is 6.07 Å². The van der Waals surface area contributed by atoms with Gasteiger partial charge in [0.15, 0.2) is 0 Å². The molecule has 1 aliphatic carbocycles. The number of halogens is 2. The van der Waals surface area contributed by atoms with Crippen LogP contribution in [0.1, 0.15) is 30.0 Å². The minimum atomic E-state index is -0.473. The molecule has 1 aromatic rings. The highest BCUT2D eigenvalue weighted by Gasteiger charge is 2.29. The predicted octanol–water partition coefficient (Wildman–Crippen LogP) is 2.53. The van der Waals surface area contributed by atoms with Crippen LogP contribution in [-0.2, 0) is 0 Å². The summed E-state index contributed by atoms with van der Waals surface area (Å²) in [5, 5.41) is 8.65. The van der Waals surface area contributed by atoms with Crippen LogP contribution >= 0.6 is 12.4 Å². The van der Waals surface area contributed by atoms with Gasteiger partial charge in [0.25, 0.3) is 0 Å². The summed E-state index contributed by atoms with van der Waals surface area (Å²) >= 11 is 0. The molecule has 2 rings (SSSR count). The fourth-order valence-electron chi connectivity index (χ4n) is 1.56. The number of hydrogen-bond acceptors (Lipinski definition) is 2. The van der Waals surface area contributed by atoms with Crippen molar-refractivity contribution in [2.45, 2.75) is 18.9 Å². The van der Waals surface area contributed by atoms with E-state index in [0.29, 0.717) is 5.92 Å². The van der Waals surface area contributed by atoms with E-state index in [2.05, 4.69) is 0 Å². The maximum atomic E-state index is 13.0. The van der Waals surface area contributed by atoms with Crippen molar-refractivity contribution in [2.24, 2.45) is 11.7 Å². The van der Waals surface area contributed by atoms with Gasteiger partial charge in [0.1, 0.15) is 11.9 Å². The molecule has 1 aliphatic rings. The second-order valence-corrected chi connectivity index (χ2v) is 3.71. The van der Waals surface area contributed by atoms with Crippen LogP contribution in [-0.4, -0.2) is 0 Å². The molecule has 4 heteroatoms. The molecule has 2 nitrogen and oxygen atoms in total. The minimum Gasteiger partial charge on any atom is -0.324 e. The molecular weight excluding hydrogens is 215 g/mol. The van der Waals surface area contributed by atoms with Crippen LogP contribution < -0.4 is 5.73 Å². The van der Waals surface area contributed by atoms with Crippen LogP contribution in [0.25, 0.3) is 0 Å². The molecule has 0 unspecified atom stereocenters. The Kier molecular flexibility index (Phi) is 3.67. The average Bonchev–Trinajstić information content (AvgIpc) is 3.01. The number of nitrogens with two attached hydrogens (primary N) is 1. The Morgan fingerprint density at radius 1 is 1.47 bits per heavy atom. The van der Waals surface area contributed by atoms with Gasteiger partial charge in [-0.15, -0.1) is 12.4 Å². The number of rotatable bonds is 2. The van der Waals surface area contributed by atoms with Crippen LogP contribution in [0, 0.1) is 23.1 Å². The fourth-order valence-corrected chi connectivity index (χ4v) is 1.56. The Morgan fingerprint density at radius 2 is 2.13 bits per heavy atom. The van der Waals surface area contributed by atoms with E-state index in [1.54, 1.807) is 12.1 Å². The zero-order valence-corrected chi connectivity index (χ0v) is 8.93. The van der Waals surface area contributed by atoms with E-state index < -0.39 is 5.82 Å². The first-order valence-corrected chi connectivity index (χ1v) is 4.67. The first kappa shape index (κ1) is 12.0. The highest BCUT2D eigenvalue weighted by molar-refractivity contribution is 5.85. The van der Waals surface area contributed by atoms with Crippen molar-refractivity contribution in [1.29, 1.82) is 5.26 Å². The molecule has 0 spiro atoms. The van der Waals surface area contributed by atoms with Gasteiger partial charge in [-0.3, -0.25) is 0 Å². The van der Waals surface area contributed by atoms with Gasteiger partial charge >= 0.3 is 0 Å². The van der Waals surface area contributed by atoms with E-state index in [9.17, 15) is 4.39 Å². The number of nitriles is 1. The average molecular weight is 227 g/mol. The molecule has 0 saturated heterocycles. The minimum absolute atomic E-state index is 0. The van der Waals surface area contributed by atoms with Crippen LogP contribution in [0.3, 0.4) is 0 Å². The summed E-state index contributed by atoms with van der Waals surface area (Å²) in [6, 6.07) is 6.32. The van der Waals surface area contributed by atoms with Crippen LogP contribution in [0.4, 0.5) is 4.39 Å². The largest absolute Gasteiger partial charge is 0.324 e. The number of hydrogen-bond donors (Lipinski definition) is 1. The number of nitrogens with zero attached hydrogens (tertiary/aromatic N) is 1. The topological polar surface area (TPSA) is 49.8 Å². The van der Waals surface area contributed by atoms with E-state index >= 15 is 0 Å². The van der Waals surface area contributed by atoms with Gasteiger partial charge in [-0.1, -0.05) is 6.07 Å². The third-order valence-electron chi connectivity index (χ3n) is 2.63. The van der Waals surface area contributed by atoms with E-state index in [1.165, 1.54) is 6.07 Å². The summed E-state index contributed by atoms with van der Waals surface area (Å²) in [6.07, 6.45) is 2.28. The first-order valence-electron chi connectivity index (χ1n) is 4.67. The van der Waals surface area contributed by atoms with E-state index in [4.69, 9.17) is 11.0 Å². The van der Waals surface area contributed by atoms with Crippen LogP contribution in [0.2, 0.25) is 0 Å². The molecule has 0 heterocycles. The van der Waals surface area contributed by atoms with E-state index in [-0.39, 0.29) is 24.0 Å². The molecule has 0 bridgehead atoms. The molecule has 80 valence electrons. The summed E-state index contributed by atoms with van der Waals surface area (Å²) < 4.78 is 13.0. The Labute approximate surface area is 94.3 Å². The molecule has 1 aromatic carbocycles. The molecule has 1 atom stereocenters. The van der Waals surface area contributed by atoms with Gasteiger partial charge in [0, 0.05) is 6.04 Å². The van der Waals surface area contributed by atoms with Crippen molar-refractivity contribution in [2.75, 3.05) is 0 Å². The lowest BCUT2D eigenvalue weighted by atomic mass is 10.0. The quantitative estimate of drug-likeness (QED) is 0.843. The molecule has 15 heavy (non-hydrogen) atoms. The fraction of sp³-hybridized carbons (Fsp3) is 0.364. The lowest BCUT2D eigenvalue weighted by Gasteiger charge is -2.10. The third-order valence-corrected chi connectivity index (χ3v) is 2.63. The highest BCUT2D eigenvalue weighted by Crippen LogP contribution is 2.39. The summed E-state index contributed by atoms with van der Waals surface area (Å²) in [7, 11) is 0. The Morgan fingerprint density at radius 3 is 2.67 bits per heavy atom. The Bertz CT molecular complexity index is 396. The molecular formula is C11H12ClFN2. The van der Waals surface area contributed by atoms with Crippen molar-refractivity contribution < 1.29 is 4.39 Å². The molecule has 1 fully saturated rings. The maximum Gasteiger partial charge on any atom is 0.140 e. The lowest BCUT2D eigenvalue weighted by molar-refractivity contribution is 0.610. The van der Waals surface area contributed by atoms with Gasteiger partial charge in [-0.25, -0.2) is 4.39 Å². The monoisotopic (exact) mass is 226 g/mol. The van der Waals surface area contributed by atoms with Crippen LogP contribution in [0.15, 0.2) is 18.2 Å². The molecule has 0 aromatic heterocycles. The van der Waals surface area contributed by atoms with Crippen molar-refractivity contribution >= 4 is 12.4 Å². The lowest BCUT2D eigenvalue weighted by Crippen LogP contribution is -2.12. The zero-order valence-electron chi connectivity index (χ0n) is 8.11. The summed E-state index contributed by atoms with van der Waals surface area (Å²) in [6.45, 7) is 0.